The SMILES string of the molecule is CCOP(=O)(C/C=C(/C)CCC=C(C)C)OCC. The number of rotatable bonds is 9. The van der Waals surface area contributed by atoms with Gasteiger partial charge in [0.25, 0.3) is 0 Å². The number of allylic oxidation sites excluding steroid dienone is 4. The van der Waals surface area contributed by atoms with Crippen molar-refractivity contribution in [1.82, 2.24) is 0 Å². The highest BCUT2D eigenvalue weighted by atomic mass is 31.2. The average molecular weight is 274 g/mol. The zero-order valence-corrected chi connectivity index (χ0v) is 13.3. The fraction of sp³-hybridized carbons (Fsp3) is 0.714. The molecule has 0 aromatic carbocycles. The highest BCUT2D eigenvalue weighted by molar-refractivity contribution is 7.54. The Morgan fingerprint density at radius 3 is 2.06 bits per heavy atom. The van der Waals surface area contributed by atoms with Crippen LogP contribution in [0, 0.1) is 0 Å². The molecule has 4 heteroatoms. The summed E-state index contributed by atoms with van der Waals surface area (Å²) in [7, 11) is -2.92. The highest BCUT2D eigenvalue weighted by Gasteiger charge is 2.21. The van der Waals surface area contributed by atoms with Crippen LogP contribution in [0.3, 0.4) is 0 Å². The van der Waals surface area contributed by atoms with Gasteiger partial charge in [0.2, 0.25) is 0 Å². The monoisotopic (exact) mass is 274 g/mol. The molecule has 0 unspecified atom stereocenters. The van der Waals surface area contributed by atoms with Crippen molar-refractivity contribution in [2.24, 2.45) is 0 Å². The lowest BCUT2D eigenvalue weighted by molar-refractivity contribution is 0.222. The van der Waals surface area contributed by atoms with E-state index in [1.54, 1.807) is 0 Å². The van der Waals surface area contributed by atoms with E-state index in [1.165, 1.54) is 11.1 Å². The van der Waals surface area contributed by atoms with Gasteiger partial charge in [0.15, 0.2) is 0 Å². The second kappa shape index (κ2) is 9.55. The molecule has 0 radical (unpaired) electrons. The largest absolute Gasteiger partial charge is 0.334 e. The first-order valence-electron chi connectivity index (χ1n) is 6.60. The molecule has 0 aliphatic carbocycles. The van der Waals surface area contributed by atoms with E-state index in [4.69, 9.17) is 9.05 Å². The van der Waals surface area contributed by atoms with Crippen molar-refractivity contribution in [1.29, 1.82) is 0 Å². The summed E-state index contributed by atoms with van der Waals surface area (Å²) < 4.78 is 22.7. The van der Waals surface area contributed by atoms with Crippen molar-refractivity contribution in [2.75, 3.05) is 19.4 Å². The molecule has 0 saturated carbocycles. The molecular formula is C14H27O3P. The van der Waals surface area contributed by atoms with Gasteiger partial charge in [-0.1, -0.05) is 23.3 Å². The van der Waals surface area contributed by atoms with E-state index < -0.39 is 7.60 Å². The van der Waals surface area contributed by atoms with Crippen LogP contribution in [-0.4, -0.2) is 19.4 Å². The number of hydrogen-bond donors (Lipinski definition) is 0. The molecule has 0 atom stereocenters. The van der Waals surface area contributed by atoms with Crippen molar-refractivity contribution < 1.29 is 13.6 Å². The topological polar surface area (TPSA) is 35.5 Å². The normalized spacial score (nSPS) is 12.6. The summed E-state index contributed by atoms with van der Waals surface area (Å²) in [6, 6.07) is 0. The molecule has 0 aromatic heterocycles. The third kappa shape index (κ3) is 8.68. The highest BCUT2D eigenvalue weighted by Crippen LogP contribution is 2.48. The summed E-state index contributed by atoms with van der Waals surface area (Å²) >= 11 is 0. The first kappa shape index (κ1) is 17.6. The lowest BCUT2D eigenvalue weighted by Crippen LogP contribution is -1.99. The van der Waals surface area contributed by atoms with Crippen LogP contribution >= 0.6 is 7.60 Å². The first-order chi connectivity index (χ1) is 8.43. The van der Waals surface area contributed by atoms with Crippen molar-refractivity contribution >= 4 is 7.60 Å². The van der Waals surface area contributed by atoms with Gasteiger partial charge in [-0.2, -0.15) is 0 Å². The van der Waals surface area contributed by atoms with Gasteiger partial charge in [-0.25, -0.2) is 0 Å². The standard InChI is InChI=1S/C14H27O3P/c1-6-16-18(15,17-7-2)12-11-14(5)10-8-9-13(3)4/h9,11H,6-8,10,12H2,1-5H3/b14-11-. The van der Waals surface area contributed by atoms with Crippen LogP contribution in [0.1, 0.15) is 47.5 Å². The van der Waals surface area contributed by atoms with Gasteiger partial charge in [-0.3, -0.25) is 4.57 Å². The fourth-order valence-electron chi connectivity index (χ4n) is 1.49. The van der Waals surface area contributed by atoms with E-state index in [-0.39, 0.29) is 0 Å². The summed E-state index contributed by atoms with van der Waals surface area (Å²) in [4.78, 5) is 0. The summed E-state index contributed by atoms with van der Waals surface area (Å²) in [5.74, 6) is 0. The predicted molar refractivity (Wildman–Crippen MR) is 78.1 cm³/mol. The molecule has 0 aliphatic rings. The second-order valence-corrected chi connectivity index (χ2v) is 6.60. The van der Waals surface area contributed by atoms with Crippen molar-refractivity contribution in [3.8, 4) is 0 Å². The van der Waals surface area contributed by atoms with E-state index >= 15 is 0 Å². The third-order valence-electron chi connectivity index (χ3n) is 2.41. The minimum absolute atomic E-state index is 0.370. The molecular weight excluding hydrogens is 247 g/mol. The molecule has 0 aromatic rings. The zero-order chi connectivity index (χ0) is 14.0. The van der Waals surface area contributed by atoms with Gasteiger partial charge in [-0.05, 0) is 47.5 Å². The van der Waals surface area contributed by atoms with Crippen LogP contribution in [-0.2, 0) is 13.6 Å². The van der Waals surface area contributed by atoms with E-state index in [2.05, 4.69) is 26.8 Å². The van der Waals surface area contributed by atoms with E-state index in [9.17, 15) is 4.57 Å². The Morgan fingerprint density at radius 2 is 1.61 bits per heavy atom. The first-order valence-corrected chi connectivity index (χ1v) is 8.33. The molecule has 0 amide bonds. The predicted octanol–water partition coefficient (Wildman–Crippen LogP) is 4.95. The maximum Gasteiger partial charge on any atom is 0.334 e. The smallest absolute Gasteiger partial charge is 0.309 e. The van der Waals surface area contributed by atoms with Crippen LogP contribution in [0.2, 0.25) is 0 Å². The van der Waals surface area contributed by atoms with Crippen molar-refractivity contribution in [3.05, 3.63) is 23.3 Å². The van der Waals surface area contributed by atoms with E-state index in [1.807, 2.05) is 19.9 Å². The zero-order valence-electron chi connectivity index (χ0n) is 12.4. The Kier molecular flexibility index (Phi) is 9.35. The van der Waals surface area contributed by atoms with Gasteiger partial charge < -0.3 is 9.05 Å². The third-order valence-corrected chi connectivity index (χ3v) is 4.34. The second-order valence-electron chi connectivity index (χ2n) is 4.50. The average Bonchev–Trinajstić information content (AvgIpc) is 2.27. The van der Waals surface area contributed by atoms with Crippen LogP contribution in [0.15, 0.2) is 23.3 Å². The minimum atomic E-state index is -2.92. The van der Waals surface area contributed by atoms with Crippen LogP contribution in [0.4, 0.5) is 0 Å². The molecule has 0 saturated heterocycles. The Bertz CT molecular complexity index is 318. The van der Waals surface area contributed by atoms with Gasteiger partial charge >= 0.3 is 7.60 Å². The summed E-state index contributed by atoms with van der Waals surface area (Å²) in [6.07, 6.45) is 6.57. The van der Waals surface area contributed by atoms with Crippen molar-refractivity contribution in [2.45, 2.75) is 47.5 Å². The lowest BCUT2D eigenvalue weighted by Gasteiger charge is -2.15. The minimum Gasteiger partial charge on any atom is -0.309 e. The van der Waals surface area contributed by atoms with Crippen LogP contribution in [0.25, 0.3) is 0 Å². The molecule has 0 rings (SSSR count). The van der Waals surface area contributed by atoms with Gasteiger partial charge in [0.1, 0.15) is 0 Å². The quantitative estimate of drug-likeness (QED) is 0.441. The maximum atomic E-state index is 12.2. The summed E-state index contributed by atoms with van der Waals surface area (Å²) in [6.45, 7) is 10.7. The molecule has 0 bridgehead atoms. The molecule has 0 heterocycles. The summed E-state index contributed by atoms with van der Waals surface area (Å²) in [5, 5.41) is 0. The number of hydrogen-bond acceptors (Lipinski definition) is 3. The van der Waals surface area contributed by atoms with Crippen LogP contribution in [0.5, 0.6) is 0 Å². The molecule has 3 nitrogen and oxygen atoms in total. The van der Waals surface area contributed by atoms with E-state index in [0.717, 1.165) is 12.8 Å². The Morgan fingerprint density at radius 1 is 1.06 bits per heavy atom. The van der Waals surface area contributed by atoms with Gasteiger partial charge in [-0.15, -0.1) is 0 Å². The van der Waals surface area contributed by atoms with Gasteiger partial charge in [0.05, 0.1) is 19.4 Å². The summed E-state index contributed by atoms with van der Waals surface area (Å²) in [5.41, 5.74) is 2.56. The van der Waals surface area contributed by atoms with Crippen molar-refractivity contribution in [3.63, 3.8) is 0 Å². The molecule has 0 N–H and O–H groups in total. The molecule has 0 aliphatic heterocycles. The molecule has 0 spiro atoms. The molecule has 0 fully saturated rings. The van der Waals surface area contributed by atoms with E-state index in [0.29, 0.717) is 19.4 Å². The maximum absolute atomic E-state index is 12.2. The van der Waals surface area contributed by atoms with Crippen LogP contribution < -0.4 is 0 Å². The van der Waals surface area contributed by atoms with Gasteiger partial charge in [0, 0.05) is 0 Å². The Labute approximate surface area is 112 Å². The Hall–Kier alpha value is -0.370. The lowest BCUT2D eigenvalue weighted by atomic mass is 10.1. The Balaban J connectivity index is 4.30. The molecule has 106 valence electrons. The molecule has 18 heavy (non-hydrogen) atoms. The fourth-order valence-corrected chi connectivity index (χ4v) is 3.10.